The van der Waals surface area contributed by atoms with Crippen LogP contribution in [0.5, 0.6) is 0 Å². The number of rotatable bonds is 45. The lowest BCUT2D eigenvalue weighted by atomic mass is 9.99. The standard InChI is InChI=1S/C53H98O10/c1-3-5-7-9-11-13-15-17-19-20-21-22-23-24-25-26-28-30-32-34-36-38-40-42-49(56)62-46(45-61-53-52(59)51(58)50(57)47(43-54)63-53)44-60-48(55)41-39-37-35-33-31-29-27-18-16-14-12-10-8-6-4-2/h12,14,18,27,46-47,50-54,57-59H,3-11,13,15-17,19-26,28-45H2,1-2H3/b14-12+,27-18+/t46-,47-,50+,51?,52?,53-/m1/s1. The Balaban J connectivity index is 2.22. The van der Waals surface area contributed by atoms with Crippen molar-refractivity contribution in [3.8, 4) is 0 Å². The van der Waals surface area contributed by atoms with Gasteiger partial charge in [-0.2, -0.15) is 0 Å². The molecule has 1 aliphatic rings. The van der Waals surface area contributed by atoms with E-state index in [0.29, 0.717) is 12.8 Å². The molecule has 0 saturated carbocycles. The number of esters is 2. The van der Waals surface area contributed by atoms with Crippen molar-refractivity contribution in [3.63, 3.8) is 0 Å². The third-order valence-corrected chi connectivity index (χ3v) is 12.3. The molecule has 0 aliphatic carbocycles. The smallest absolute Gasteiger partial charge is 0.306 e. The Bertz CT molecular complexity index is 1080. The molecule has 10 nitrogen and oxygen atoms in total. The lowest BCUT2D eigenvalue weighted by Gasteiger charge is -2.39. The molecule has 1 rings (SSSR count). The monoisotopic (exact) mass is 895 g/mol. The number of carbonyl (C=O) groups excluding carboxylic acids is 2. The van der Waals surface area contributed by atoms with Crippen molar-refractivity contribution in [2.75, 3.05) is 19.8 Å². The predicted octanol–water partition coefficient (Wildman–Crippen LogP) is 12.5. The maximum absolute atomic E-state index is 12.8. The summed E-state index contributed by atoms with van der Waals surface area (Å²) < 4.78 is 22.2. The Morgan fingerprint density at radius 2 is 0.889 bits per heavy atom. The van der Waals surface area contributed by atoms with Crippen LogP contribution < -0.4 is 0 Å². The summed E-state index contributed by atoms with van der Waals surface area (Å²) in [5.41, 5.74) is 0. The van der Waals surface area contributed by atoms with E-state index in [0.717, 1.165) is 57.8 Å². The van der Waals surface area contributed by atoms with Gasteiger partial charge in [-0.1, -0.05) is 212 Å². The summed E-state index contributed by atoms with van der Waals surface area (Å²) in [6, 6.07) is 0. The fourth-order valence-electron chi connectivity index (χ4n) is 8.16. The molecule has 4 N–H and O–H groups in total. The first-order valence-corrected chi connectivity index (χ1v) is 26.4. The number of aliphatic hydroxyl groups excluding tert-OH is 4. The van der Waals surface area contributed by atoms with Crippen LogP contribution in [0.2, 0.25) is 0 Å². The van der Waals surface area contributed by atoms with Gasteiger partial charge in [0.15, 0.2) is 12.4 Å². The largest absolute Gasteiger partial charge is 0.462 e. The average molecular weight is 895 g/mol. The second kappa shape index (κ2) is 44.0. The van der Waals surface area contributed by atoms with Gasteiger partial charge < -0.3 is 39.4 Å². The van der Waals surface area contributed by atoms with Crippen LogP contribution in [-0.4, -0.2) is 89.0 Å². The highest BCUT2D eigenvalue weighted by Crippen LogP contribution is 2.23. The van der Waals surface area contributed by atoms with Crippen LogP contribution >= 0.6 is 0 Å². The fourth-order valence-corrected chi connectivity index (χ4v) is 8.16. The van der Waals surface area contributed by atoms with Crippen LogP contribution in [0.25, 0.3) is 0 Å². The van der Waals surface area contributed by atoms with E-state index < -0.39 is 49.4 Å². The summed E-state index contributed by atoms with van der Waals surface area (Å²) in [4.78, 5) is 25.4. The Kier molecular flexibility index (Phi) is 41.4. The Morgan fingerprint density at radius 1 is 0.492 bits per heavy atom. The van der Waals surface area contributed by atoms with Crippen LogP contribution in [0.3, 0.4) is 0 Å². The molecular formula is C53H98O10. The zero-order chi connectivity index (χ0) is 45.9. The first kappa shape index (κ1) is 59.2. The van der Waals surface area contributed by atoms with Crippen molar-refractivity contribution >= 4 is 11.9 Å². The number of ether oxygens (including phenoxy) is 4. The molecule has 2 unspecified atom stereocenters. The van der Waals surface area contributed by atoms with E-state index >= 15 is 0 Å². The molecule has 0 radical (unpaired) electrons. The maximum atomic E-state index is 12.8. The minimum atomic E-state index is -1.60. The normalized spacial score (nSPS) is 19.6. The summed E-state index contributed by atoms with van der Waals surface area (Å²) >= 11 is 0. The van der Waals surface area contributed by atoms with Gasteiger partial charge in [0.2, 0.25) is 0 Å². The first-order valence-electron chi connectivity index (χ1n) is 26.4. The van der Waals surface area contributed by atoms with E-state index in [1.165, 1.54) is 148 Å². The molecule has 370 valence electrons. The molecule has 6 atom stereocenters. The molecule has 63 heavy (non-hydrogen) atoms. The van der Waals surface area contributed by atoms with Gasteiger partial charge >= 0.3 is 11.9 Å². The lowest BCUT2D eigenvalue weighted by Crippen LogP contribution is -2.59. The molecule has 10 heteroatoms. The van der Waals surface area contributed by atoms with E-state index in [9.17, 15) is 30.0 Å². The molecule has 0 bridgehead atoms. The van der Waals surface area contributed by atoms with Crippen LogP contribution in [0.1, 0.15) is 245 Å². The minimum absolute atomic E-state index is 0.221. The highest BCUT2D eigenvalue weighted by Gasteiger charge is 2.44. The molecule has 1 aliphatic heterocycles. The molecule has 0 aromatic rings. The van der Waals surface area contributed by atoms with E-state index in [-0.39, 0.29) is 32.0 Å². The third kappa shape index (κ3) is 35.1. The number of hydrogen-bond donors (Lipinski definition) is 4. The Labute approximate surface area is 385 Å². The highest BCUT2D eigenvalue weighted by molar-refractivity contribution is 5.70. The van der Waals surface area contributed by atoms with Gasteiger partial charge in [0.1, 0.15) is 31.0 Å². The molecule has 1 fully saturated rings. The van der Waals surface area contributed by atoms with Crippen molar-refractivity contribution in [1.82, 2.24) is 0 Å². The van der Waals surface area contributed by atoms with E-state index in [2.05, 4.69) is 38.2 Å². The number of carbonyl (C=O) groups is 2. The second-order valence-corrected chi connectivity index (χ2v) is 18.3. The summed E-state index contributed by atoms with van der Waals surface area (Å²) in [6.07, 6.45) is 43.3. The molecule has 1 saturated heterocycles. The number of aliphatic hydroxyl groups is 4. The molecule has 0 aromatic heterocycles. The van der Waals surface area contributed by atoms with E-state index in [1.807, 2.05) is 0 Å². The predicted molar refractivity (Wildman–Crippen MR) is 256 cm³/mol. The zero-order valence-electron chi connectivity index (χ0n) is 40.6. The second-order valence-electron chi connectivity index (χ2n) is 18.3. The molecular weight excluding hydrogens is 797 g/mol. The topological polar surface area (TPSA) is 152 Å². The summed E-state index contributed by atoms with van der Waals surface area (Å²) in [5, 5.41) is 40.2. The van der Waals surface area contributed by atoms with Crippen molar-refractivity contribution in [2.24, 2.45) is 0 Å². The van der Waals surface area contributed by atoms with Crippen LogP contribution in [0.15, 0.2) is 24.3 Å². The number of unbranched alkanes of at least 4 members (excludes halogenated alkanes) is 30. The Morgan fingerprint density at radius 3 is 1.35 bits per heavy atom. The molecule has 0 aromatic carbocycles. The molecule has 1 heterocycles. The lowest BCUT2D eigenvalue weighted by molar-refractivity contribution is -0.305. The summed E-state index contributed by atoms with van der Waals surface area (Å²) in [6.45, 7) is 3.42. The highest BCUT2D eigenvalue weighted by atomic mass is 16.7. The van der Waals surface area contributed by atoms with Crippen molar-refractivity contribution in [2.45, 2.75) is 282 Å². The first-order chi connectivity index (χ1) is 30.8. The van der Waals surface area contributed by atoms with Gasteiger partial charge in [0.05, 0.1) is 13.2 Å². The number of allylic oxidation sites excluding steroid dienone is 4. The van der Waals surface area contributed by atoms with Crippen LogP contribution in [-0.2, 0) is 28.5 Å². The fraction of sp³-hybridized carbons (Fsp3) is 0.887. The van der Waals surface area contributed by atoms with Crippen LogP contribution in [0.4, 0.5) is 0 Å². The van der Waals surface area contributed by atoms with Gasteiger partial charge in [-0.05, 0) is 44.9 Å². The summed E-state index contributed by atoms with van der Waals surface area (Å²) in [5.74, 6) is -0.810. The van der Waals surface area contributed by atoms with Crippen molar-refractivity contribution < 1.29 is 49.0 Å². The average Bonchev–Trinajstić information content (AvgIpc) is 3.28. The zero-order valence-corrected chi connectivity index (χ0v) is 40.6. The summed E-state index contributed by atoms with van der Waals surface area (Å²) in [7, 11) is 0. The van der Waals surface area contributed by atoms with Crippen molar-refractivity contribution in [3.05, 3.63) is 24.3 Å². The molecule has 0 spiro atoms. The maximum Gasteiger partial charge on any atom is 0.306 e. The van der Waals surface area contributed by atoms with E-state index in [1.54, 1.807) is 0 Å². The van der Waals surface area contributed by atoms with Crippen molar-refractivity contribution in [1.29, 1.82) is 0 Å². The van der Waals surface area contributed by atoms with Gasteiger partial charge in [-0.25, -0.2) is 0 Å². The third-order valence-electron chi connectivity index (χ3n) is 12.3. The van der Waals surface area contributed by atoms with E-state index in [4.69, 9.17) is 18.9 Å². The number of hydrogen-bond acceptors (Lipinski definition) is 10. The molecule has 0 amide bonds. The van der Waals surface area contributed by atoms with Crippen LogP contribution in [0, 0.1) is 0 Å². The van der Waals surface area contributed by atoms with Gasteiger partial charge in [-0.15, -0.1) is 0 Å². The Hall–Kier alpha value is -1.82. The quantitative estimate of drug-likeness (QED) is 0.0264. The SMILES string of the molecule is CCCCC/C=C/C/C=C/CCCCCCCC(=O)OC[C@H](CO[C@@H]1O[C@H](CO)[C@H](O)C(O)C1O)OC(=O)CCCCCCCCCCCCCCCCCCCCCCCCC. The van der Waals surface area contributed by atoms with Gasteiger partial charge in [-0.3, -0.25) is 9.59 Å². The minimum Gasteiger partial charge on any atom is -0.462 e. The van der Waals surface area contributed by atoms with Gasteiger partial charge in [0.25, 0.3) is 0 Å². The van der Waals surface area contributed by atoms with Gasteiger partial charge in [0, 0.05) is 12.8 Å².